The van der Waals surface area contributed by atoms with Crippen molar-refractivity contribution >= 4 is 17.7 Å². The van der Waals surface area contributed by atoms with Gasteiger partial charge in [-0.05, 0) is 56.2 Å². The van der Waals surface area contributed by atoms with Crippen LogP contribution in [-0.2, 0) is 10.2 Å². The Morgan fingerprint density at radius 3 is 2.69 bits per heavy atom. The number of carbonyl (C=O) groups excluding carboxylic acids is 1. The van der Waals surface area contributed by atoms with Gasteiger partial charge in [0.1, 0.15) is 0 Å². The highest BCUT2D eigenvalue weighted by molar-refractivity contribution is 6.06. The average molecular weight is 357 g/mol. The normalized spacial score (nSPS) is 29.3. The van der Waals surface area contributed by atoms with Gasteiger partial charge in [0.2, 0.25) is 5.91 Å². The molecule has 1 spiro atoms. The molecule has 6 nitrogen and oxygen atoms in total. The van der Waals surface area contributed by atoms with Crippen LogP contribution in [0, 0.1) is 6.92 Å². The standard InChI is InChI=1S/C20H27N3O3/c1-14-3-4-16-17(13-14)21-18(24)20(16)7-5-15(6-8-20)22-9-2-10-23(12-11-22)19(25)26/h3-4,13,15H,2,5-12H2,1H3,(H,21,24)(H,25,26). The summed E-state index contributed by atoms with van der Waals surface area (Å²) in [5.41, 5.74) is 2.96. The van der Waals surface area contributed by atoms with Gasteiger partial charge in [-0.2, -0.15) is 0 Å². The molecule has 1 aromatic carbocycles. The number of fused-ring (bicyclic) bond motifs is 2. The lowest BCUT2D eigenvalue weighted by molar-refractivity contribution is -0.122. The van der Waals surface area contributed by atoms with Crippen LogP contribution in [-0.4, -0.2) is 59.1 Å². The molecule has 1 aromatic rings. The van der Waals surface area contributed by atoms with Crippen LogP contribution in [0.25, 0.3) is 0 Å². The van der Waals surface area contributed by atoms with Gasteiger partial charge >= 0.3 is 6.09 Å². The maximum atomic E-state index is 12.8. The maximum Gasteiger partial charge on any atom is 0.407 e. The molecule has 2 heterocycles. The number of rotatable bonds is 1. The lowest BCUT2D eigenvalue weighted by Crippen LogP contribution is -2.46. The number of amides is 2. The molecule has 3 aliphatic rings. The second-order valence-electron chi connectivity index (χ2n) is 7.98. The summed E-state index contributed by atoms with van der Waals surface area (Å²) in [5.74, 6) is 0.157. The summed E-state index contributed by atoms with van der Waals surface area (Å²) in [7, 11) is 0. The lowest BCUT2D eigenvalue weighted by Gasteiger charge is -2.40. The topological polar surface area (TPSA) is 72.9 Å². The second kappa shape index (κ2) is 6.58. The average Bonchev–Trinajstić information content (AvgIpc) is 2.79. The predicted octanol–water partition coefficient (Wildman–Crippen LogP) is 2.81. The molecule has 26 heavy (non-hydrogen) atoms. The minimum Gasteiger partial charge on any atom is -0.465 e. The van der Waals surface area contributed by atoms with Crippen molar-refractivity contribution in [2.45, 2.75) is 50.5 Å². The van der Waals surface area contributed by atoms with Crippen LogP contribution in [0.2, 0.25) is 0 Å². The summed E-state index contributed by atoms with van der Waals surface area (Å²) in [6.45, 7) is 5.00. The van der Waals surface area contributed by atoms with Crippen LogP contribution in [0.1, 0.15) is 43.2 Å². The number of anilines is 1. The molecule has 0 unspecified atom stereocenters. The number of aryl methyl sites for hydroxylation is 1. The van der Waals surface area contributed by atoms with Gasteiger partial charge in [-0.1, -0.05) is 12.1 Å². The summed E-state index contributed by atoms with van der Waals surface area (Å²) >= 11 is 0. The van der Waals surface area contributed by atoms with E-state index in [0.29, 0.717) is 19.1 Å². The third-order valence-corrected chi connectivity index (χ3v) is 6.50. The first kappa shape index (κ1) is 17.3. The number of carbonyl (C=O) groups is 2. The summed E-state index contributed by atoms with van der Waals surface area (Å²) < 4.78 is 0. The SMILES string of the molecule is Cc1ccc2c(c1)NC(=O)C21CCC(N2CCCN(C(=O)O)CC2)CC1. The van der Waals surface area contributed by atoms with Crippen molar-refractivity contribution in [2.24, 2.45) is 0 Å². The van der Waals surface area contributed by atoms with Gasteiger partial charge in [-0.3, -0.25) is 9.69 Å². The third kappa shape index (κ3) is 2.86. The van der Waals surface area contributed by atoms with Crippen LogP contribution in [0.4, 0.5) is 10.5 Å². The number of benzene rings is 1. The van der Waals surface area contributed by atoms with Gasteiger partial charge < -0.3 is 15.3 Å². The van der Waals surface area contributed by atoms with E-state index in [0.717, 1.165) is 50.9 Å². The second-order valence-corrected chi connectivity index (χ2v) is 7.98. The van der Waals surface area contributed by atoms with E-state index in [1.54, 1.807) is 0 Å². The van der Waals surface area contributed by atoms with Gasteiger partial charge in [-0.15, -0.1) is 0 Å². The molecule has 0 aromatic heterocycles. The van der Waals surface area contributed by atoms with Crippen molar-refractivity contribution in [1.29, 1.82) is 0 Å². The Balaban J connectivity index is 1.45. The summed E-state index contributed by atoms with van der Waals surface area (Å²) in [6, 6.07) is 6.75. The van der Waals surface area contributed by atoms with Gasteiger partial charge in [0.15, 0.2) is 0 Å². The Morgan fingerprint density at radius 1 is 1.19 bits per heavy atom. The predicted molar refractivity (Wildman–Crippen MR) is 99.5 cm³/mol. The molecule has 2 fully saturated rings. The monoisotopic (exact) mass is 357 g/mol. The molecule has 6 heteroatoms. The van der Waals surface area contributed by atoms with Gasteiger partial charge in [0.25, 0.3) is 0 Å². The van der Waals surface area contributed by atoms with Crippen LogP contribution in [0.5, 0.6) is 0 Å². The molecule has 0 bridgehead atoms. The van der Waals surface area contributed by atoms with E-state index in [9.17, 15) is 14.7 Å². The Labute approximate surface area is 154 Å². The fourth-order valence-corrected chi connectivity index (χ4v) is 4.99. The smallest absolute Gasteiger partial charge is 0.407 e. The molecule has 2 aliphatic heterocycles. The van der Waals surface area contributed by atoms with E-state index in [4.69, 9.17) is 0 Å². The van der Waals surface area contributed by atoms with Gasteiger partial charge in [0, 0.05) is 37.9 Å². The van der Waals surface area contributed by atoms with E-state index in [2.05, 4.69) is 28.4 Å². The minimum absolute atomic E-state index is 0.157. The van der Waals surface area contributed by atoms with E-state index >= 15 is 0 Å². The van der Waals surface area contributed by atoms with Crippen molar-refractivity contribution in [3.8, 4) is 0 Å². The molecule has 2 N–H and O–H groups in total. The fraction of sp³-hybridized carbons (Fsp3) is 0.600. The largest absolute Gasteiger partial charge is 0.465 e. The van der Waals surface area contributed by atoms with Crippen LogP contribution < -0.4 is 5.32 Å². The number of hydrogen-bond acceptors (Lipinski definition) is 3. The van der Waals surface area contributed by atoms with Crippen molar-refractivity contribution < 1.29 is 14.7 Å². The first-order valence-electron chi connectivity index (χ1n) is 9.64. The van der Waals surface area contributed by atoms with Crippen molar-refractivity contribution in [2.75, 3.05) is 31.5 Å². The molecule has 1 aliphatic carbocycles. The molecule has 4 rings (SSSR count). The molecule has 0 atom stereocenters. The number of carboxylic acid groups (broad SMARTS) is 1. The number of nitrogens with zero attached hydrogens (tertiary/aromatic N) is 2. The Kier molecular flexibility index (Phi) is 4.39. The zero-order chi connectivity index (χ0) is 18.3. The summed E-state index contributed by atoms with van der Waals surface area (Å²) in [6.07, 6.45) is 3.80. The number of nitrogens with one attached hydrogen (secondary N) is 1. The van der Waals surface area contributed by atoms with E-state index < -0.39 is 6.09 Å². The molecule has 2 amide bonds. The van der Waals surface area contributed by atoms with E-state index in [1.807, 2.05) is 6.92 Å². The minimum atomic E-state index is -0.816. The van der Waals surface area contributed by atoms with Crippen LogP contribution >= 0.6 is 0 Å². The van der Waals surface area contributed by atoms with Crippen molar-refractivity contribution in [3.63, 3.8) is 0 Å². The number of hydrogen-bond donors (Lipinski definition) is 2. The molecular weight excluding hydrogens is 330 g/mol. The highest BCUT2D eigenvalue weighted by atomic mass is 16.4. The Morgan fingerprint density at radius 2 is 1.96 bits per heavy atom. The summed E-state index contributed by atoms with van der Waals surface area (Å²) in [4.78, 5) is 27.9. The molecule has 140 valence electrons. The first-order valence-corrected chi connectivity index (χ1v) is 9.64. The highest BCUT2D eigenvalue weighted by Gasteiger charge is 2.49. The highest BCUT2D eigenvalue weighted by Crippen LogP contribution is 2.48. The Hall–Kier alpha value is -2.08. The van der Waals surface area contributed by atoms with Crippen molar-refractivity contribution in [1.82, 2.24) is 9.80 Å². The Bertz CT molecular complexity index is 725. The lowest BCUT2D eigenvalue weighted by atomic mass is 9.68. The zero-order valence-electron chi connectivity index (χ0n) is 15.3. The van der Waals surface area contributed by atoms with E-state index in [1.165, 1.54) is 16.0 Å². The van der Waals surface area contributed by atoms with Crippen LogP contribution in [0.3, 0.4) is 0 Å². The molecule has 0 radical (unpaired) electrons. The zero-order valence-corrected chi connectivity index (χ0v) is 15.3. The van der Waals surface area contributed by atoms with Crippen molar-refractivity contribution in [3.05, 3.63) is 29.3 Å². The first-order chi connectivity index (χ1) is 12.5. The third-order valence-electron chi connectivity index (χ3n) is 6.50. The van der Waals surface area contributed by atoms with Gasteiger partial charge in [-0.25, -0.2) is 4.79 Å². The molecule has 1 saturated heterocycles. The molecule has 1 saturated carbocycles. The summed E-state index contributed by atoms with van der Waals surface area (Å²) in [5, 5.41) is 12.3. The van der Waals surface area contributed by atoms with Crippen LogP contribution in [0.15, 0.2) is 18.2 Å². The fourth-order valence-electron chi connectivity index (χ4n) is 4.99. The van der Waals surface area contributed by atoms with Gasteiger partial charge in [0.05, 0.1) is 5.41 Å². The van der Waals surface area contributed by atoms with E-state index in [-0.39, 0.29) is 11.3 Å². The maximum absolute atomic E-state index is 12.8. The molecular formula is C20H27N3O3. The quantitative estimate of drug-likeness (QED) is 0.811.